The Morgan fingerprint density at radius 1 is 1.41 bits per heavy atom. The summed E-state index contributed by atoms with van der Waals surface area (Å²) in [5.74, 6) is 0.509. The van der Waals surface area contributed by atoms with Gasteiger partial charge in [0.05, 0.1) is 20.3 Å². The monoisotopic (exact) mass is 324 g/mol. The van der Waals surface area contributed by atoms with E-state index < -0.39 is 6.04 Å². The number of rotatable bonds is 4. The molecule has 0 N–H and O–H groups in total. The Kier molecular flexibility index (Phi) is 4.22. The van der Waals surface area contributed by atoms with Gasteiger partial charge in [-0.25, -0.2) is 4.79 Å². The molecule has 2 aliphatic rings. The number of amides is 3. The molecule has 0 spiro atoms. The van der Waals surface area contributed by atoms with Gasteiger partial charge in [0.2, 0.25) is 0 Å². The van der Waals surface area contributed by atoms with Gasteiger partial charge >= 0.3 is 6.03 Å². The Balaban J connectivity index is 1.72. The number of urea groups is 1. The van der Waals surface area contributed by atoms with Gasteiger partial charge in [-0.15, -0.1) is 0 Å². The molecule has 3 amide bonds. The molecular weight excluding hydrogens is 308 g/mol. The summed E-state index contributed by atoms with van der Waals surface area (Å²) in [6, 6.07) is 4.61. The third-order valence-corrected chi connectivity index (χ3v) is 4.24. The summed E-state index contributed by atoms with van der Waals surface area (Å²) in [5, 5.41) is 0.598. The van der Waals surface area contributed by atoms with Crippen molar-refractivity contribution in [3.63, 3.8) is 0 Å². The first-order chi connectivity index (χ1) is 10.6. The van der Waals surface area contributed by atoms with Crippen molar-refractivity contribution in [3.05, 3.63) is 28.8 Å². The first kappa shape index (κ1) is 15.1. The van der Waals surface area contributed by atoms with Crippen molar-refractivity contribution >= 4 is 23.5 Å². The number of methoxy groups -OCH3 is 1. The summed E-state index contributed by atoms with van der Waals surface area (Å²) in [5.41, 5.74) is 0.872. The van der Waals surface area contributed by atoms with Crippen LogP contribution >= 0.6 is 11.6 Å². The number of hydrogen-bond acceptors (Lipinski definition) is 4. The molecule has 1 aromatic rings. The highest BCUT2D eigenvalue weighted by Crippen LogP contribution is 2.25. The Morgan fingerprint density at radius 3 is 2.95 bits per heavy atom. The largest absolute Gasteiger partial charge is 0.496 e. The van der Waals surface area contributed by atoms with Gasteiger partial charge in [0.1, 0.15) is 11.8 Å². The lowest BCUT2D eigenvalue weighted by molar-refractivity contribution is -0.131. The van der Waals surface area contributed by atoms with Crippen LogP contribution in [-0.2, 0) is 16.0 Å². The molecule has 0 aliphatic carbocycles. The van der Waals surface area contributed by atoms with Gasteiger partial charge < -0.3 is 14.4 Å². The zero-order chi connectivity index (χ0) is 15.7. The van der Waals surface area contributed by atoms with Crippen LogP contribution in [0.4, 0.5) is 4.79 Å². The number of carbonyl (C=O) groups excluding carboxylic acids is 2. The Morgan fingerprint density at radius 2 is 2.23 bits per heavy atom. The van der Waals surface area contributed by atoms with Crippen molar-refractivity contribution in [3.8, 4) is 5.75 Å². The molecule has 7 heteroatoms. The minimum absolute atomic E-state index is 0.189. The quantitative estimate of drug-likeness (QED) is 0.789. The van der Waals surface area contributed by atoms with Crippen LogP contribution in [0.15, 0.2) is 18.2 Å². The van der Waals surface area contributed by atoms with Crippen molar-refractivity contribution in [1.29, 1.82) is 0 Å². The summed E-state index contributed by atoms with van der Waals surface area (Å²) in [7, 11) is 1.58. The number of carbonyl (C=O) groups is 2. The van der Waals surface area contributed by atoms with E-state index in [0.717, 1.165) is 5.56 Å². The van der Waals surface area contributed by atoms with Crippen LogP contribution in [0.2, 0.25) is 5.02 Å². The Bertz CT molecular complexity index is 583. The Labute approximate surface area is 133 Å². The maximum Gasteiger partial charge on any atom is 0.327 e. The molecule has 2 saturated heterocycles. The second-order valence-electron chi connectivity index (χ2n) is 5.26. The molecule has 0 radical (unpaired) electrons. The smallest absolute Gasteiger partial charge is 0.327 e. The minimum Gasteiger partial charge on any atom is -0.496 e. The number of ether oxygens (including phenoxy) is 2. The van der Waals surface area contributed by atoms with E-state index in [-0.39, 0.29) is 18.5 Å². The van der Waals surface area contributed by atoms with Gasteiger partial charge in [-0.1, -0.05) is 11.6 Å². The van der Waals surface area contributed by atoms with E-state index in [9.17, 15) is 9.59 Å². The van der Waals surface area contributed by atoms with Gasteiger partial charge in [0.25, 0.3) is 5.91 Å². The van der Waals surface area contributed by atoms with Crippen molar-refractivity contribution in [2.75, 3.05) is 33.4 Å². The first-order valence-corrected chi connectivity index (χ1v) is 7.51. The highest BCUT2D eigenvalue weighted by Gasteiger charge is 2.46. The first-order valence-electron chi connectivity index (χ1n) is 7.14. The number of fused-ring (bicyclic) bond motifs is 1. The third-order valence-electron chi connectivity index (χ3n) is 4.00. The van der Waals surface area contributed by atoms with Gasteiger partial charge in [-0.2, -0.15) is 0 Å². The molecular formula is C15H17ClN2O4. The lowest BCUT2D eigenvalue weighted by Crippen LogP contribution is -2.45. The average Bonchev–Trinajstić information content (AvgIpc) is 2.77. The summed E-state index contributed by atoms with van der Waals surface area (Å²) in [4.78, 5) is 27.5. The fourth-order valence-electron chi connectivity index (χ4n) is 2.85. The number of nitrogens with zero attached hydrogens (tertiary/aromatic N) is 2. The minimum atomic E-state index is -0.470. The lowest BCUT2D eigenvalue weighted by atomic mass is 10.1. The van der Waals surface area contributed by atoms with Crippen molar-refractivity contribution in [2.45, 2.75) is 12.5 Å². The van der Waals surface area contributed by atoms with E-state index in [2.05, 4.69) is 0 Å². The molecule has 2 aliphatic heterocycles. The highest BCUT2D eigenvalue weighted by atomic mass is 35.5. The molecule has 22 heavy (non-hydrogen) atoms. The number of morpholine rings is 1. The summed E-state index contributed by atoms with van der Waals surface area (Å²) in [6.45, 7) is 1.53. The fraction of sp³-hybridized carbons (Fsp3) is 0.467. The van der Waals surface area contributed by atoms with Crippen molar-refractivity contribution in [1.82, 2.24) is 9.80 Å². The average molecular weight is 325 g/mol. The van der Waals surface area contributed by atoms with E-state index in [4.69, 9.17) is 21.1 Å². The molecule has 3 rings (SSSR count). The second kappa shape index (κ2) is 6.14. The lowest BCUT2D eigenvalue weighted by Gasteiger charge is -2.26. The van der Waals surface area contributed by atoms with Gasteiger partial charge in [0, 0.05) is 18.1 Å². The molecule has 1 aromatic carbocycles. The van der Waals surface area contributed by atoms with Crippen LogP contribution in [0.1, 0.15) is 5.56 Å². The van der Waals surface area contributed by atoms with E-state index in [0.29, 0.717) is 36.9 Å². The van der Waals surface area contributed by atoms with E-state index in [1.807, 2.05) is 0 Å². The van der Waals surface area contributed by atoms with Crippen LogP contribution < -0.4 is 4.74 Å². The van der Waals surface area contributed by atoms with Crippen molar-refractivity contribution < 1.29 is 19.1 Å². The number of benzene rings is 1. The van der Waals surface area contributed by atoms with Crippen LogP contribution in [0, 0.1) is 0 Å². The van der Waals surface area contributed by atoms with Crippen LogP contribution in [0.3, 0.4) is 0 Å². The normalized spacial score (nSPS) is 21.3. The third kappa shape index (κ3) is 2.64. The standard InChI is InChI=1S/C15H17ClN2O4/c1-21-13-3-2-11(16)8-10(13)4-5-18-14(19)12-9-22-7-6-17(12)15(18)20/h2-3,8,12H,4-7,9H2,1H3. The zero-order valence-corrected chi connectivity index (χ0v) is 13.0. The maximum absolute atomic E-state index is 12.3. The van der Waals surface area contributed by atoms with Gasteiger partial charge in [-0.05, 0) is 30.2 Å². The van der Waals surface area contributed by atoms with Crippen molar-refractivity contribution in [2.24, 2.45) is 0 Å². The van der Waals surface area contributed by atoms with Gasteiger partial charge in [-0.3, -0.25) is 9.69 Å². The molecule has 6 nitrogen and oxygen atoms in total. The maximum atomic E-state index is 12.3. The second-order valence-corrected chi connectivity index (χ2v) is 5.70. The SMILES string of the molecule is COc1ccc(Cl)cc1CCN1C(=O)C2COCCN2C1=O. The predicted octanol–water partition coefficient (Wildman–Crippen LogP) is 1.55. The highest BCUT2D eigenvalue weighted by molar-refractivity contribution is 6.30. The van der Waals surface area contributed by atoms with Crippen LogP contribution in [0.5, 0.6) is 5.75 Å². The predicted molar refractivity (Wildman–Crippen MR) is 80.1 cm³/mol. The summed E-state index contributed by atoms with van der Waals surface area (Å²) < 4.78 is 10.6. The van der Waals surface area contributed by atoms with Crippen LogP contribution in [0.25, 0.3) is 0 Å². The molecule has 1 unspecified atom stereocenters. The summed E-state index contributed by atoms with van der Waals surface area (Å²) >= 11 is 6.00. The number of halogens is 1. The Hall–Kier alpha value is -1.79. The van der Waals surface area contributed by atoms with E-state index >= 15 is 0 Å². The molecule has 2 heterocycles. The van der Waals surface area contributed by atoms with E-state index in [1.54, 1.807) is 30.2 Å². The van der Waals surface area contributed by atoms with Gasteiger partial charge in [0.15, 0.2) is 0 Å². The summed E-state index contributed by atoms with van der Waals surface area (Å²) in [6.07, 6.45) is 0.503. The number of imide groups is 1. The zero-order valence-electron chi connectivity index (χ0n) is 12.3. The molecule has 1 atom stereocenters. The molecule has 0 saturated carbocycles. The van der Waals surface area contributed by atoms with Crippen LogP contribution in [-0.4, -0.2) is 61.2 Å². The molecule has 118 valence electrons. The molecule has 2 fully saturated rings. The number of hydrogen-bond donors (Lipinski definition) is 0. The van der Waals surface area contributed by atoms with E-state index in [1.165, 1.54) is 4.90 Å². The topological polar surface area (TPSA) is 59.1 Å². The molecule has 0 aromatic heterocycles. The fourth-order valence-corrected chi connectivity index (χ4v) is 3.04. The molecule has 0 bridgehead atoms.